The summed E-state index contributed by atoms with van der Waals surface area (Å²) in [7, 11) is 0. The number of aromatic nitrogens is 1. The Morgan fingerprint density at radius 1 is 0.929 bits per heavy atom. The number of nitrogens with one attached hydrogen (secondary N) is 2. The minimum Gasteiger partial charge on any atom is -0.346 e. The van der Waals surface area contributed by atoms with E-state index in [1.807, 2.05) is 37.3 Å². The second-order valence-corrected chi connectivity index (χ2v) is 6.12. The molecule has 0 saturated carbocycles. The standard InChI is InChI=1S/C21H17F2N3O2/c1-13(14-5-3-2-4-6-14)25-20(27)15-9-10-24-19(11-15)21(28)26-16-7-8-17(22)18(23)12-16/h2-13H,1H3,(H,25,27)(H,26,28). The van der Waals surface area contributed by atoms with Gasteiger partial charge in [0.05, 0.1) is 6.04 Å². The van der Waals surface area contributed by atoms with E-state index in [0.717, 1.165) is 17.7 Å². The summed E-state index contributed by atoms with van der Waals surface area (Å²) in [6.45, 7) is 1.85. The minimum atomic E-state index is -1.08. The summed E-state index contributed by atoms with van der Waals surface area (Å²) < 4.78 is 26.3. The van der Waals surface area contributed by atoms with Gasteiger partial charge in [-0.2, -0.15) is 0 Å². The molecule has 0 aliphatic carbocycles. The first-order valence-electron chi connectivity index (χ1n) is 8.52. The van der Waals surface area contributed by atoms with Crippen LogP contribution in [-0.2, 0) is 0 Å². The third kappa shape index (κ3) is 4.56. The highest BCUT2D eigenvalue weighted by molar-refractivity contribution is 6.04. The molecule has 2 N–H and O–H groups in total. The molecule has 2 aromatic carbocycles. The Labute approximate surface area is 160 Å². The van der Waals surface area contributed by atoms with Gasteiger partial charge in [0, 0.05) is 23.5 Å². The smallest absolute Gasteiger partial charge is 0.274 e. The zero-order chi connectivity index (χ0) is 20.1. The van der Waals surface area contributed by atoms with E-state index in [9.17, 15) is 18.4 Å². The molecule has 5 nitrogen and oxygen atoms in total. The molecule has 1 heterocycles. The average molecular weight is 381 g/mol. The van der Waals surface area contributed by atoms with Crippen molar-refractivity contribution in [2.24, 2.45) is 0 Å². The average Bonchev–Trinajstić information content (AvgIpc) is 2.71. The van der Waals surface area contributed by atoms with Crippen LogP contribution < -0.4 is 10.6 Å². The number of benzene rings is 2. The highest BCUT2D eigenvalue weighted by atomic mass is 19.2. The fraction of sp³-hybridized carbons (Fsp3) is 0.0952. The SMILES string of the molecule is CC(NC(=O)c1ccnc(C(=O)Nc2ccc(F)c(F)c2)c1)c1ccccc1. The molecule has 142 valence electrons. The molecular weight excluding hydrogens is 364 g/mol. The molecule has 7 heteroatoms. The van der Waals surface area contributed by atoms with E-state index in [-0.39, 0.29) is 28.9 Å². The van der Waals surface area contributed by atoms with Crippen molar-refractivity contribution in [1.82, 2.24) is 10.3 Å². The Kier molecular flexibility index (Phi) is 5.74. The molecule has 3 aromatic rings. The molecule has 0 spiro atoms. The van der Waals surface area contributed by atoms with E-state index in [4.69, 9.17) is 0 Å². The van der Waals surface area contributed by atoms with Crippen molar-refractivity contribution in [1.29, 1.82) is 0 Å². The van der Waals surface area contributed by atoms with Gasteiger partial charge in [-0.3, -0.25) is 14.6 Å². The van der Waals surface area contributed by atoms with Crippen molar-refractivity contribution < 1.29 is 18.4 Å². The first-order valence-corrected chi connectivity index (χ1v) is 8.52. The van der Waals surface area contributed by atoms with Gasteiger partial charge in [-0.15, -0.1) is 0 Å². The molecular formula is C21H17F2N3O2. The molecule has 0 fully saturated rings. The number of hydrogen-bond donors (Lipinski definition) is 2. The third-order valence-electron chi connectivity index (χ3n) is 4.08. The van der Waals surface area contributed by atoms with Crippen molar-refractivity contribution in [3.05, 3.63) is 95.3 Å². The van der Waals surface area contributed by atoms with E-state index in [1.54, 1.807) is 0 Å². The van der Waals surface area contributed by atoms with Crippen LogP contribution in [0.15, 0.2) is 66.9 Å². The topological polar surface area (TPSA) is 71.1 Å². The van der Waals surface area contributed by atoms with Gasteiger partial charge in [-0.05, 0) is 36.8 Å². The van der Waals surface area contributed by atoms with Crippen LogP contribution in [0.1, 0.15) is 39.4 Å². The van der Waals surface area contributed by atoms with E-state index < -0.39 is 17.5 Å². The number of carbonyl (C=O) groups is 2. The lowest BCUT2D eigenvalue weighted by Gasteiger charge is -2.14. The van der Waals surface area contributed by atoms with Crippen LogP contribution in [0.4, 0.5) is 14.5 Å². The number of carbonyl (C=O) groups excluding carboxylic acids is 2. The van der Waals surface area contributed by atoms with Crippen LogP contribution >= 0.6 is 0 Å². The Bertz CT molecular complexity index is 1010. The highest BCUT2D eigenvalue weighted by Gasteiger charge is 2.15. The lowest BCUT2D eigenvalue weighted by atomic mass is 10.1. The number of pyridine rings is 1. The molecule has 2 amide bonds. The van der Waals surface area contributed by atoms with Crippen molar-refractivity contribution in [2.45, 2.75) is 13.0 Å². The maximum Gasteiger partial charge on any atom is 0.274 e. The van der Waals surface area contributed by atoms with Gasteiger partial charge >= 0.3 is 0 Å². The monoisotopic (exact) mass is 381 g/mol. The van der Waals surface area contributed by atoms with Crippen molar-refractivity contribution in [2.75, 3.05) is 5.32 Å². The quantitative estimate of drug-likeness (QED) is 0.699. The zero-order valence-corrected chi connectivity index (χ0v) is 14.9. The molecule has 0 aliphatic heterocycles. The molecule has 1 atom stereocenters. The molecule has 0 bridgehead atoms. The van der Waals surface area contributed by atoms with Crippen molar-refractivity contribution in [3.63, 3.8) is 0 Å². The van der Waals surface area contributed by atoms with Gasteiger partial charge in [0.1, 0.15) is 5.69 Å². The van der Waals surface area contributed by atoms with Crippen LogP contribution in [0.25, 0.3) is 0 Å². The lowest BCUT2D eigenvalue weighted by molar-refractivity contribution is 0.0939. The predicted molar refractivity (Wildman–Crippen MR) is 101 cm³/mol. The van der Waals surface area contributed by atoms with Gasteiger partial charge in [-0.1, -0.05) is 30.3 Å². The maximum absolute atomic E-state index is 13.3. The van der Waals surface area contributed by atoms with E-state index in [0.29, 0.717) is 0 Å². The Morgan fingerprint density at radius 3 is 2.39 bits per heavy atom. The highest BCUT2D eigenvalue weighted by Crippen LogP contribution is 2.15. The normalized spacial score (nSPS) is 11.5. The molecule has 0 aliphatic rings. The summed E-state index contributed by atoms with van der Waals surface area (Å²) in [5.41, 5.74) is 1.26. The van der Waals surface area contributed by atoms with Crippen LogP contribution in [0, 0.1) is 11.6 Å². The molecule has 0 radical (unpaired) electrons. The minimum absolute atomic E-state index is 0.0234. The molecule has 28 heavy (non-hydrogen) atoms. The van der Waals surface area contributed by atoms with E-state index in [2.05, 4.69) is 15.6 Å². The zero-order valence-electron chi connectivity index (χ0n) is 14.9. The first-order chi connectivity index (χ1) is 13.4. The molecule has 3 rings (SSSR count). The molecule has 1 aromatic heterocycles. The lowest BCUT2D eigenvalue weighted by Crippen LogP contribution is -2.27. The predicted octanol–water partition coefficient (Wildman–Crippen LogP) is 4.10. The summed E-state index contributed by atoms with van der Waals surface area (Å²) in [6, 6.07) is 15.1. The second-order valence-electron chi connectivity index (χ2n) is 6.12. The summed E-state index contributed by atoms with van der Waals surface area (Å²) in [5, 5.41) is 5.27. The summed E-state index contributed by atoms with van der Waals surface area (Å²) in [5.74, 6) is -3.09. The van der Waals surface area contributed by atoms with Gasteiger partial charge < -0.3 is 10.6 Å². The van der Waals surface area contributed by atoms with Crippen LogP contribution in [-0.4, -0.2) is 16.8 Å². The van der Waals surface area contributed by atoms with E-state index in [1.165, 1.54) is 24.4 Å². The molecule has 0 saturated heterocycles. The van der Waals surface area contributed by atoms with Gasteiger partial charge in [0.25, 0.3) is 11.8 Å². The number of amides is 2. The number of hydrogen-bond acceptors (Lipinski definition) is 3. The summed E-state index contributed by atoms with van der Waals surface area (Å²) in [4.78, 5) is 28.7. The molecule has 1 unspecified atom stereocenters. The summed E-state index contributed by atoms with van der Waals surface area (Å²) in [6.07, 6.45) is 1.34. The third-order valence-corrected chi connectivity index (χ3v) is 4.08. The van der Waals surface area contributed by atoms with Gasteiger partial charge in [-0.25, -0.2) is 8.78 Å². The van der Waals surface area contributed by atoms with Gasteiger partial charge in [0.2, 0.25) is 0 Å². The number of rotatable bonds is 5. The largest absolute Gasteiger partial charge is 0.346 e. The Morgan fingerprint density at radius 2 is 1.68 bits per heavy atom. The number of nitrogens with zero attached hydrogens (tertiary/aromatic N) is 1. The Balaban J connectivity index is 1.71. The van der Waals surface area contributed by atoms with Crippen molar-refractivity contribution >= 4 is 17.5 Å². The van der Waals surface area contributed by atoms with Crippen LogP contribution in [0.2, 0.25) is 0 Å². The van der Waals surface area contributed by atoms with Gasteiger partial charge in [0.15, 0.2) is 11.6 Å². The fourth-order valence-corrected chi connectivity index (χ4v) is 2.57. The van der Waals surface area contributed by atoms with Crippen LogP contribution in [0.3, 0.4) is 0 Å². The maximum atomic E-state index is 13.3. The summed E-state index contributed by atoms with van der Waals surface area (Å²) >= 11 is 0. The number of anilines is 1. The number of halogens is 2. The van der Waals surface area contributed by atoms with Crippen molar-refractivity contribution in [3.8, 4) is 0 Å². The second kappa shape index (κ2) is 8.39. The fourth-order valence-electron chi connectivity index (χ4n) is 2.57. The van der Waals surface area contributed by atoms with Crippen LogP contribution in [0.5, 0.6) is 0 Å². The first kappa shape index (κ1) is 19.2. The Hall–Kier alpha value is -3.61. The van der Waals surface area contributed by atoms with E-state index >= 15 is 0 Å².